The molecular formula is C16H12Cl2FN5O2. The molecule has 26 heavy (non-hydrogen) atoms. The molecule has 0 aliphatic heterocycles. The fourth-order valence-corrected chi connectivity index (χ4v) is 2.19. The normalized spacial score (nSPS) is 9.92. The number of benzene rings is 1. The fraction of sp³-hybridized carbons (Fsp3) is 0. The monoisotopic (exact) mass is 395 g/mol. The quantitative estimate of drug-likeness (QED) is 0.588. The van der Waals surface area contributed by atoms with Gasteiger partial charge in [0.25, 0.3) is 5.91 Å². The zero-order chi connectivity index (χ0) is 17.8. The van der Waals surface area contributed by atoms with Crippen LogP contribution in [0.1, 0.15) is 10.4 Å². The van der Waals surface area contributed by atoms with Crippen LogP contribution in [0.2, 0.25) is 5.15 Å². The van der Waals surface area contributed by atoms with E-state index in [1.54, 1.807) is 0 Å². The Bertz CT molecular complexity index is 976. The lowest BCUT2D eigenvalue weighted by atomic mass is 10.2. The Balaban J connectivity index is 0.00000243. The number of aromatic amines is 1. The Morgan fingerprint density at radius 1 is 1.19 bits per heavy atom. The molecule has 0 aliphatic rings. The van der Waals surface area contributed by atoms with Crippen LogP contribution in [-0.4, -0.2) is 20.9 Å². The summed E-state index contributed by atoms with van der Waals surface area (Å²) in [6, 6.07) is 8.09. The van der Waals surface area contributed by atoms with Crippen LogP contribution in [0, 0.1) is 5.82 Å². The SMILES string of the molecule is Cl.O=C(Nc1c(Cl)ncnc1Nc1ccc(=O)[nH]c1)c1cccc(F)c1. The van der Waals surface area contributed by atoms with Crippen molar-refractivity contribution in [3.8, 4) is 0 Å². The van der Waals surface area contributed by atoms with Crippen LogP contribution in [0.4, 0.5) is 21.6 Å². The van der Waals surface area contributed by atoms with Gasteiger partial charge in [-0.3, -0.25) is 9.59 Å². The second kappa shape index (κ2) is 8.41. The number of hydrogen-bond donors (Lipinski definition) is 3. The van der Waals surface area contributed by atoms with E-state index in [0.29, 0.717) is 5.69 Å². The van der Waals surface area contributed by atoms with Gasteiger partial charge in [-0.15, -0.1) is 12.4 Å². The van der Waals surface area contributed by atoms with Crippen LogP contribution >= 0.6 is 24.0 Å². The molecule has 3 aromatic rings. The van der Waals surface area contributed by atoms with Crippen molar-refractivity contribution < 1.29 is 9.18 Å². The zero-order valence-corrected chi connectivity index (χ0v) is 14.6. The lowest BCUT2D eigenvalue weighted by Gasteiger charge is -2.12. The summed E-state index contributed by atoms with van der Waals surface area (Å²) in [6.07, 6.45) is 2.66. The first-order valence-corrected chi connectivity index (χ1v) is 7.44. The van der Waals surface area contributed by atoms with Crippen molar-refractivity contribution in [3.63, 3.8) is 0 Å². The molecule has 3 N–H and O–H groups in total. The van der Waals surface area contributed by atoms with E-state index in [4.69, 9.17) is 11.6 Å². The maximum Gasteiger partial charge on any atom is 0.255 e. The molecule has 0 aliphatic carbocycles. The third kappa shape index (κ3) is 4.56. The number of carbonyl (C=O) groups excluding carboxylic acids is 1. The van der Waals surface area contributed by atoms with Gasteiger partial charge in [0, 0.05) is 17.8 Å². The van der Waals surface area contributed by atoms with Gasteiger partial charge in [-0.25, -0.2) is 14.4 Å². The van der Waals surface area contributed by atoms with Crippen molar-refractivity contribution in [1.82, 2.24) is 15.0 Å². The van der Waals surface area contributed by atoms with Gasteiger partial charge in [0.05, 0.1) is 5.69 Å². The number of nitrogens with one attached hydrogen (secondary N) is 3. The average molecular weight is 396 g/mol. The molecule has 1 aromatic carbocycles. The van der Waals surface area contributed by atoms with Crippen molar-refractivity contribution >= 4 is 47.1 Å². The van der Waals surface area contributed by atoms with Crippen molar-refractivity contribution in [1.29, 1.82) is 0 Å². The predicted octanol–water partition coefficient (Wildman–Crippen LogP) is 3.38. The molecule has 2 aromatic heterocycles. The van der Waals surface area contributed by atoms with Gasteiger partial charge in [-0.2, -0.15) is 0 Å². The van der Waals surface area contributed by atoms with Crippen LogP contribution in [0.25, 0.3) is 0 Å². The summed E-state index contributed by atoms with van der Waals surface area (Å²) in [5.41, 5.74) is 0.515. The number of carbonyl (C=O) groups is 1. The Morgan fingerprint density at radius 2 is 2.00 bits per heavy atom. The topological polar surface area (TPSA) is 99.8 Å². The van der Waals surface area contributed by atoms with Gasteiger partial charge >= 0.3 is 0 Å². The molecule has 10 heteroatoms. The lowest BCUT2D eigenvalue weighted by Crippen LogP contribution is -2.15. The van der Waals surface area contributed by atoms with Crippen LogP contribution < -0.4 is 16.2 Å². The maximum atomic E-state index is 13.3. The summed E-state index contributed by atoms with van der Waals surface area (Å²) in [7, 11) is 0. The molecule has 0 saturated heterocycles. The molecule has 7 nitrogen and oxygen atoms in total. The molecule has 0 spiro atoms. The average Bonchev–Trinajstić information content (AvgIpc) is 2.60. The summed E-state index contributed by atoms with van der Waals surface area (Å²) in [6.45, 7) is 0. The largest absolute Gasteiger partial charge is 0.337 e. The highest BCUT2D eigenvalue weighted by atomic mass is 35.5. The number of rotatable bonds is 4. The van der Waals surface area contributed by atoms with Crippen LogP contribution in [0.5, 0.6) is 0 Å². The standard InChI is InChI=1S/C16H11ClFN5O2.ClH/c17-14-13(23-16(25)9-2-1-3-10(18)6-9)15(21-8-20-14)22-11-4-5-12(24)19-7-11;/h1-8H,(H,19,24)(H,23,25)(H,20,21,22);1H. The van der Waals surface area contributed by atoms with E-state index in [-0.39, 0.29) is 40.2 Å². The first kappa shape index (κ1) is 19.4. The summed E-state index contributed by atoms with van der Waals surface area (Å²) in [5, 5.41) is 5.48. The minimum atomic E-state index is -0.569. The number of amides is 1. The van der Waals surface area contributed by atoms with Gasteiger partial charge in [-0.05, 0) is 24.3 Å². The summed E-state index contributed by atoms with van der Waals surface area (Å²) < 4.78 is 13.3. The minimum Gasteiger partial charge on any atom is -0.337 e. The van der Waals surface area contributed by atoms with E-state index < -0.39 is 11.7 Å². The number of hydrogen-bond acceptors (Lipinski definition) is 5. The number of halogens is 3. The highest BCUT2D eigenvalue weighted by Crippen LogP contribution is 2.28. The molecule has 0 fully saturated rings. The second-order valence-corrected chi connectivity index (χ2v) is 5.28. The van der Waals surface area contributed by atoms with Crippen molar-refractivity contribution in [2.75, 3.05) is 10.6 Å². The molecule has 1 amide bonds. The van der Waals surface area contributed by atoms with Gasteiger partial charge in [0.2, 0.25) is 5.56 Å². The van der Waals surface area contributed by atoms with Gasteiger partial charge in [0.1, 0.15) is 17.8 Å². The Morgan fingerprint density at radius 3 is 2.69 bits per heavy atom. The molecule has 0 atom stereocenters. The molecular weight excluding hydrogens is 384 g/mol. The Labute approximate surface area is 158 Å². The molecule has 0 bridgehead atoms. The van der Waals surface area contributed by atoms with Crippen LogP contribution in [0.3, 0.4) is 0 Å². The van der Waals surface area contributed by atoms with E-state index in [1.807, 2.05) is 0 Å². The van der Waals surface area contributed by atoms with Crippen molar-refractivity contribution in [3.05, 3.63) is 75.8 Å². The van der Waals surface area contributed by atoms with E-state index in [9.17, 15) is 14.0 Å². The van der Waals surface area contributed by atoms with Crippen molar-refractivity contribution in [2.24, 2.45) is 0 Å². The number of nitrogens with zero attached hydrogens (tertiary/aromatic N) is 2. The highest BCUT2D eigenvalue weighted by Gasteiger charge is 2.15. The second-order valence-electron chi connectivity index (χ2n) is 4.92. The first-order chi connectivity index (χ1) is 12.0. The number of anilines is 3. The van der Waals surface area contributed by atoms with E-state index >= 15 is 0 Å². The Kier molecular flexibility index (Phi) is 6.26. The third-order valence-corrected chi connectivity index (χ3v) is 3.46. The van der Waals surface area contributed by atoms with Crippen LogP contribution in [-0.2, 0) is 0 Å². The Hall–Kier alpha value is -2.97. The lowest BCUT2D eigenvalue weighted by molar-refractivity contribution is 0.102. The third-order valence-electron chi connectivity index (χ3n) is 3.17. The van der Waals surface area contributed by atoms with Gasteiger partial charge in [-0.1, -0.05) is 17.7 Å². The summed E-state index contributed by atoms with van der Waals surface area (Å²) >= 11 is 6.05. The van der Waals surface area contributed by atoms with E-state index in [1.165, 1.54) is 42.9 Å². The molecule has 2 heterocycles. The van der Waals surface area contributed by atoms with Crippen molar-refractivity contribution in [2.45, 2.75) is 0 Å². The molecule has 3 rings (SSSR count). The fourth-order valence-electron chi connectivity index (χ4n) is 2.01. The van der Waals surface area contributed by atoms with Gasteiger partial charge < -0.3 is 15.6 Å². The smallest absolute Gasteiger partial charge is 0.255 e. The number of aromatic nitrogens is 3. The molecule has 0 radical (unpaired) electrons. The minimum absolute atomic E-state index is 0. The van der Waals surface area contributed by atoms with Crippen LogP contribution in [0.15, 0.2) is 53.7 Å². The predicted molar refractivity (Wildman–Crippen MR) is 99.0 cm³/mol. The molecule has 134 valence electrons. The zero-order valence-electron chi connectivity index (χ0n) is 13.0. The highest BCUT2D eigenvalue weighted by molar-refractivity contribution is 6.33. The molecule has 0 unspecified atom stereocenters. The summed E-state index contributed by atoms with van der Waals surface area (Å²) in [5.74, 6) is -0.882. The maximum absolute atomic E-state index is 13.3. The summed E-state index contributed by atoms with van der Waals surface area (Å²) in [4.78, 5) is 33.8. The van der Waals surface area contributed by atoms with E-state index in [2.05, 4.69) is 25.6 Å². The van der Waals surface area contributed by atoms with E-state index in [0.717, 1.165) is 6.07 Å². The first-order valence-electron chi connectivity index (χ1n) is 7.06. The molecule has 0 saturated carbocycles. The van der Waals surface area contributed by atoms with Gasteiger partial charge in [0.15, 0.2) is 11.0 Å². The number of pyridine rings is 1. The number of H-pyrrole nitrogens is 1.